The van der Waals surface area contributed by atoms with Crippen molar-refractivity contribution in [3.8, 4) is 17.2 Å². The molecule has 1 amide bonds. The molecule has 2 aromatic carbocycles. The minimum Gasteiger partial charge on any atom is -0.507 e. The first-order chi connectivity index (χ1) is 16.0. The van der Waals surface area contributed by atoms with Crippen LogP contribution in [0.5, 0.6) is 17.2 Å². The highest BCUT2D eigenvalue weighted by Gasteiger charge is 2.46. The van der Waals surface area contributed by atoms with Gasteiger partial charge >= 0.3 is 0 Å². The van der Waals surface area contributed by atoms with Gasteiger partial charge in [-0.15, -0.1) is 11.3 Å². The standard InChI is InChI=1S/C25H23NO6S/c1-30-17-9-6-15(7-10-17)14-26-22(20-5-4-12-33-20)21(24(28)25(26)29)23(27)16-8-11-18(31-2)19(13-16)32-3/h4-13,22,27H,14H2,1-3H3/b23-21-. The zero-order valence-corrected chi connectivity index (χ0v) is 19.2. The highest BCUT2D eigenvalue weighted by molar-refractivity contribution is 7.10. The molecule has 1 atom stereocenters. The van der Waals surface area contributed by atoms with Gasteiger partial charge in [-0.05, 0) is 47.3 Å². The van der Waals surface area contributed by atoms with E-state index in [1.54, 1.807) is 37.4 Å². The molecule has 1 aliphatic heterocycles. The predicted octanol–water partition coefficient (Wildman–Crippen LogP) is 4.40. The summed E-state index contributed by atoms with van der Waals surface area (Å²) < 4.78 is 15.8. The first-order valence-corrected chi connectivity index (χ1v) is 11.0. The van der Waals surface area contributed by atoms with Gasteiger partial charge in [-0.3, -0.25) is 9.59 Å². The Hall–Kier alpha value is -3.78. The van der Waals surface area contributed by atoms with Crippen LogP contribution in [0, 0.1) is 0 Å². The number of carbonyl (C=O) groups excluding carboxylic acids is 2. The van der Waals surface area contributed by atoms with Crippen molar-refractivity contribution in [2.45, 2.75) is 12.6 Å². The molecule has 0 bridgehead atoms. The molecule has 8 heteroatoms. The number of ether oxygens (including phenoxy) is 3. The van der Waals surface area contributed by atoms with Gasteiger partial charge in [0, 0.05) is 17.0 Å². The van der Waals surface area contributed by atoms with Gasteiger partial charge in [0.25, 0.3) is 11.7 Å². The van der Waals surface area contributed by atoms with E-state index < -0.39 is 17.7 Å². The number of rotatable bonds is 7. The maximum Gasteiger partial charge on any atom is 0.295 e. The summed E-state index contributed by atoms with van der Waals surface area (Å²) in [7, 11) is 4.58. The summed E-state index contributed by atoms with van der Waals surface area (Å²) in [4.78, 5) is 28.5. The van der Waals surface area contributed by atoms with E-state index in [1.807, 2.05) is 29.6 Å². The molecule has 0 spiro atoms. The molecular weight excluding hydrogens is 442 g/mol. The Balaban J connectivity index is 1.80. The van der Waals surface area contributed by atoms with Gasteiger partial charge in [0.1, 0.15) is 11.5 Å². The van der Waals surface area contributed by atoms with Crippen molar-refractivity contribution in [2.24, 2.45) is 0 Å². The average Bonchev–Trinajstić information content (AvgIpc) is 3.46. The van der Waals surface area contributed by atoms with E-state index in [2.05, 4.69) is 0 Å². The van der Waals surface area contributed by atoms with Crippen LogP contribution in [0.2, 0.25) is 0 Å². The maximum atomic E-state index is 13.1. The Morgan fingerprint density at radius 2 is 1.70 bits per heavy atom. The second-order valence-electron chi connectivity index (χ2n) is 7.36. The summed E-state index contributed by atoms with van der Waals surface area (Å²) in [6.07, 6.45) is 0. The van der Waals surface area contributed by atoms with Crippen LogP contribution >= 0.6 is 11.3 Å². The van der Waals surface area contributed by atoms with Gasteiger partial charge in [0.05, 0.1) is 32.9 Å². The molecule has 0 aliphatic carbocycles. The quantitative estimate of drug-likeness (QED) is 0.316. The monoisotopic (exact) mass is 465 g/mol. The molecular formula is C25H23NO6S. The van der Waals surface area contributed by atoms with Gasteiger partial charge in [-0.25, -0.2) is 0 Å². The lowest BCUT2D eigenvalue weighted by Gasteiger charge is -2.24. The Bertz CT molecular complexity index is 1200. The molecule has 0 radical (unpaired) electrons. The molecule has 1 aromatic heterocycles. The molecule has 7 nitrogen and oxygen atoms in total. The third-order valence-electron chi connectivity index (χ3n) is 5.52. The van der Waals surface area contributed by atoms with Crippen LogP contribution in [0.25, 0.3) is 5.76 Å². The van der Waals surface area contributed by atoms with Crippen LogP contribution in [-0.4, -0.2) is 43.0 Å². The van der Waals surface area contributed by atoms with Gasteiger partial charge < -0.3 is 24.2 Å². The SMILES string of the molecule is COc1ccc(CN2C(=O)C(=O)/C(=C(\O)c3ccc(OC)c(OC)c3)C2c2cccs2)cc1. The second-order valence-corrected chi connectivity index (χ2v) is 8.34. The number of hydrogen-bond acceptors (Lipinski definition) is 7. The molecule has 4 rings (SSSR count). The number of likely N-dealkylation sites (tertiary alicyclic amines) is 1. The summed E-state index contributed by atoms with van der Waals surface area (Å²) >= 11 is 1.42. The van der Waals surface area contributed by atoms with E-state index in [-0.39, 0.29) is 17.9 Å². The number of aliphatic hydroxyl groups is 1. The lowest BCUT2D eigenvalue weighted by Crippen LogP contribution is -2.28. The normalized spacial score (nSPS) is 17.3. The van der Waals surface area contributed by atoms with Crippen molar-refractivity contribution in [3.63, 3.8) is 0 Å². The van der Waals surface area contributed by atoms with Crippen LogP contribution in [0.15, 0.2) is 65.6 Å². The Labute approximate surface area is 195 Å². The van der Waals surface area contributed by atoms with Crippen molar-refractivity contribution in [1.82, 2.24) is 4.90 Å². The fraction of sp³-hybridized carbons (Fsp3) is 0.200. The lowest BCUT2D eigenvalue weighted by atomic mass is 9.99. The highest BCUT2D eigenvalue weighted by atomic mass is 32.1. The van der Waals surface area contributed by atoms with Crippen molar-refractivity contribution in [1.29, 1.82) is 0 Å². The van der Waals surface area contributed by atoms with Gasteiger partial charge in [0.2, 0.25) is 0 Å². The van der Waals surface area contributed by atoms with Crippen molar-refractivity contribution >= 4 is 28.8 Å². The van der Waals surface area contributed by atoms with Crippen LogP contribution in [0.4, 0.5) is 0 Å². The number of benzene rings is 2. The molecule has 1 fully saturated rings. The van der Waals surface area contributed by atoms with Gasteiger partial charge in [0.15, 0.2) is 11.5 Å². The third-order valence-corrected chi connectivity index (χ3v) is 6.45. The third kappa shape index (κ3) is 4.17. The van der Waals surface area contributed by atoms with E-state index in [4.69, 9.17) is 14.2 Å². The second kappa shape index (κ2) is 9.38. The molecule has 0 saturated carbocycles. The number of Topliss-reactive ketones (excluding diaryl/α,β-unsaturated/α-hetero) is 1. The number of ketones is 1. The summed E-state index contributed by atoms with van der Waals surface area (Å²) in [5.41, 5.74) is 1.24. The minimum atomic E-state index is -0.728. The van der Waals surface area contributed by atoms with E-state index in [0.717, 1.165) is 10.4 Å². The van der Waals surface area contributed by atoms with Crippen molar-refractivity contribution in [3.05, 3.63) is 81.6 Å². The number of amides is 1. The number of methoxy groups -OCH3 is 3. The fourth-order valence-electron chi connectivity index (χ4n) is 3.85. The topological polar surface area (TPSA) is 85.3 Å². The zero-order valence-electron chi connectivity index (χ0n) is 18.4. The first-order valence-electron chi connectivity index (χ1n) is 10.2. The highest BCUT2D eigenvalue weighted by Crippen LogP contribution is 2.42. The summed E-state index contributed by atoms with van der Waals surface area (Å²) in [5.74, 6) is -0.0556. The van der Waals surface area contributed by atoms with Crippen LogP contribution < -0.4 is 14.2 Å². The Morgan fingerprint density at radius 1 is 0.970 bits per heavy atom. The summed E-state index contributed by atoms with van der Waals surface area (Å²) in [5, 5.41) is 13.1. The van der Waals surface area contributed by atoms with Crippen molar-refractivity contribution in [2.75, 3.05) is 21.3 Å². The fourth-order valence-corrected chi connectivity index (χ4v) is 4.70. The molecule has 1 saturated heterocycles. The van der Waals surface area contributed by atoms with Crippen molar-refractivity contribution < 1.29 is 28.9 Å². The zero-order chi connectivity index (χ0) is 23.5. The molecule has 2 heterocycles. The van der Waals surface area contributed by atoms with Gasteiger partial charge in [-0.2, -0.15) is 0 Å². The Kier molecular flexibility index (Phi) is 6.37. The van der Waals surface area contributed by atoms with Crippen LogP contribution in [0.1, 0.15) is 22.0 Å². The number of aliphatic hydroxyl groups excluding tert-OH is 1. The maximum absolute atomic E-state index is 13.1. The van der Waals surface area contributed by atoms with E-state index in [0.29, 0.717) is 22.8 Å². The van der Waals surface area contributed by atoms with E-state index in [1.165, 1.54) is 30.5 Å². The minimum absolute atomic E-state index is 0.0446. The summed E-state index contributed by atoms with van der Waals surface area (Å²) in [6.45, 7) is 0.208. The van der Waals surface area contributed by atoms with Crippen LogP contribution in [0.3, 0.4) is 0 Å². The number of carbonyl (C=O) groups is 2. The summed E-state index contributed by atoms with van der Waals surface area (Å²) in [6, 6.07) is 15.1. The predicted molar refractivity (Wildman–Crippen MR) is 125 cm³/mol. The molecule has 170 valence electrons. The number of nitrogens with zero attached hydrogens (tertiary/aromatic N) is 1. The number of hydrogen-bond donors (Lipinski definition) is 1. The average molecular weight is 466 g/mol. The molecule has 1 unspecified atom stereocenters. The van der Waals surface area contributed by atoms with E-state index in [9.17, 15) is 14.7 Å². The smallest absolute Gasteiger partial charge is 0.295 e. The molecule has 1 N–H and O–H groups in total. The molecule has 1 aliphatic rings. The largest absolute Gasteiger partial charge is 0.507 e. The number of thiophene rings is 1. The Morgan fingerprint density at radius 3 is 2.30 bits per heavy atom. The first kappa shape index (κ1) is 22.4. The van der Waals surface area contributed by atoms with E-state index >= 15 is 0 Å². The van der Waals surface area contributed by atoms with Gasteiger partial charge in [-0.1, -0.05) is 18.2 Å². The molecule has 3 aromatic rings. The molecule has 33 heavy (non-hydrogen) atoms. The lowest BCUT2D eigenvalue weighted by molar-refractivity contribution is -0.140. The van der Waals surface area contributed by atoms with Crippen LogP contribution in [-0.2, 0) is 16.1 Å².